The van der Waals surface area contributed by atoms with Gasteiger partial charge in [-0.2, -0.15) is 0 Å². The van der Waals surface area contributed by atoms with Crippen LogP contribution in [0.3, 0.4) is 0 Å². The third kappa shape index (κ3) is 3.70. The molecule has 0 unspecified atom stereocenters. The second-order valence-corrected chi connectivity index (χ2v) is 4.39. The van der Waals surface area contributed by atoms with Gasteiger partial charge in [0.05, 0.1) is 5.69 Å². The highest BCUT2D eigenvalue weighted by atomic mass is 14.7. The smallest absolute Gasteiger partial charge is 0.0629 e. The molecule has 0 spiro atoms. The van der Waals surface area contributed by atoms with Crippen LogP contribution in [0, 0.1) is 6.92 Å². The van der Waals surface area contributed by atoms with Crippen LogP contribution in [-0.4, -0.2) is 6.21 Å². The predicted octanol–water partition coefficient (Wildman–Crippen LogP) is 4.80. The quantitative estimate of drug-likeness (QED) is 0.677. The van der Waals surface area contributed by atoms with Crippen LogP contribution in [0.2, 0.25) is 0 Å². The molecule has 0 bridgehead atoms. The topological polar surface area (TPSA) is 12.4 Å². The highest BCUT2D eigenvalue weighted by Gasteiger charge is 1.89. The predicted molar refractivity (Wildman–Crippen MR) is 79.4 cm³/mol. The van der Waals surface area contributed by atoms with Gasteiger partial charge in [0.1, 0.15) is 0 Å². The molecule has 0 aliphatic heterocycles. The molecule has 0 atom stereocenters. The molecule has 2 aromatic rings. The maximum Gasteiger partial charge on any atom is 0.0629 e. The van der Waals surface area contributed by atoms with E-state index >= 15 is 0 Å². The maximum absolute atomic E-state index is 4.45. The van der Waals surface area contributed by atoms with Crippen molar-refractivity contribution in [2.45, 2.75) is 13.8 Å². The Morgan fingerprint density at radius 3 is 2.28 bits per heavy atom. The molecule has 0 amide bonds. The summed E-state index contributed by atoms with van der Waals surface area (Å²) in [6.07, 6.45) is 4.02. The summed E-state index contributed by atoms with van der Waals surface area (Å²) < 4.78 is 0. The van der Waals surface area contributed by atoms with E-state index in [0.29, 0.717) is 0 Å². The Morgan fingerprint density at radius 1 is 0.944 bits per heavy atom. The lowest BCUT2D eigenvalue weighted by Crippen LogP contribution is -1.78. The van der Waals surface area contributed by atoms with Crippen molar-refractivity contribution in [3.63, 3.8) is 0 Å². The van der Waals surface area contributed by atoms with Crippen molar-refractivity contribution in [3.8, 4) is 0 Å². The molecule has 0 radical (unpaired) electrons. The van der Waals surface area contributed by atoms with E-state index in [9.17, 15) is 0 Å². The SMILES string of the molecule is C/C(C=Nc1ccc(C)cc1)=C\c1ccccc1. The minimum atomic E-state index is 0.987. The Labute approximate surface area is 109 Å². The van der Waals surface area contributed by atoms with Gasteiger partial charge in [-0.15, -0.1) is 0 Å². The lowest BCUT2D eigenvalue weighted by Gasteiger charge is -1.96. The van der Waals surface area contributed by atoms with Crippen LogP contribution in [0.15, 0.2) is 65.2 Å². The van der Waals surface area contributed by atoms with E-state index in [1.807, 2.05) is 36.5 Å². The van der Waals surface area contributed by atoms with Crippen LogP contribution in [-0.2, 0) is 0 Å². The summed E-state index contributed by atoms with van der Waals surface area (Å²) in [6.45, 7) is 4.14. The zero-order chi connectivity index (χ0) is 12.8. The van der Waals surface area contributed by atoms with Gasteiger partial charge in [-0.1, -0.05) is 54.1 Å². The number of aliphatic imine (C=N–C) groups is 1. The molecule has 0 fully saturated rings. The lowest BCUT2D eigenvalue weighted by atomic mass is 10.1. The average Bonchev–Trinajstić information content (AvgIpc) is 2.39. The molecule has 2 aromatic carbocycles. The number of hydrogen-bond acceptors (Lipinski definition) is 1. The number of benzene rings is 2. The molecular weight excluding hydrogens is 218 g/mol. The summed E-state index contributed by atoms with van der Waals surface area (Å²) in [5.74, 6) is 0. The molecule has 0 saturated carbocycles. The van der Waals surface area contributed by atoms with E-state index in [0.717, 1.165) is 11.3 Å². The Morgan fingerprint density at radius 2 is 1.61 bits per heavy atom. The Kier molecular flexibility index (Phi) is 4.08. The van der Waals surface area contributed by atoms with Crippen molar-refractivity contribution in [2.24, 2.45) is 4.99 Å². The van der Waals surface area contributed by atoms with Crippen LogP contribution in [0.1, 0.15) is 18.1 Å². The number of allylic oxidation sites excluding steroid dienone is 1. The fourth-order valence-corrected chi connectivity index (χ4v) is 1.66. The summed E-state index contributed by atoms with van der Waals surface area (Å²) in [5, 5.41) is 0. The molecule has 2 rings (SSSR count). The molecule has 18 heavy (non-hydrogen) atoms. The summed E-state index contributed by atoms with van der Waals surface area (Å²) in [5.41, 5.74) is 4.58. The van der Waals surface area contributed by atoms with Crippen LogP contribution >= 0.6 is 0 Å². The molecule has 0 N–H and O–H groups in total. The van der Waals surface area contributed by atoms with Crippen LogP contribution in [0.4, 0.5) is 5.69 Å². The largest absolute Gasteiger partial charge is 0.257 e. The van der Waals surface area contributed by atoms with Crippen molar-refractivity contribution in [1.82, 2.24) is 0 Å². The first-order valence-corrected chi connectivity index (χ1v) is 6.08. The van der Waals surface area contributed by atoms with Gasteiger partial charge >= 0.3 is 0 Å². The van der Waals surface area contributed by atoms with Gasteiger partial charge in [-0.05, 0) is 37.1 Å². The van der Waals surface area contributed by atoms with Crippen molar-refractivity contribution < 1.29 is 0 Å². The van der Waals surface area contributed by atoms with Gasteiger partial charge in [0.2, 0.25) is 0 Å². The van der Waals surface area contributed by atoms with Crippen molar-refractivity contribution in [2.75, 3.05) is 0 Å². The van der Waals surface area contributed by atoms with Crippen LogP contribution < -0.4 is 0 Å². The molecule has 0 aromatic heterocycles. The van der Waals surface area contributed by atoms with E-state index in [-0.39, 0.29) is 0 Å². The molecule has 1 nitrogen and oxygen atoms in total. The highest BCUT2D eigenvalue weighted by Crippen LogP contribution is 2.13. The highest BCUT2D eigenvalue weighted by molar-refractivity contribution is 5.86. The van der Waals surface area contributed by atoms with Gasteiger partial charge in [0.25, 0.3) is 0 Å². The lowest BCUT2D eigenvalue weighted by molar-refractivity contribution is 1.43. The first-order chi connectivity index (χ1) is 8.74. The molecule has 0 heterocycles. The number of rotatable bonds is 3. The standard InChI is InChI=1S/C17H17N/c1-14-8-10-17(11-9-14)18-13-15(2)12-16-6-4-3-5-7-16/h3-13H,1-2H3/b15-12+,18-13?. The number of aryl methyl sites for hydroxylation is 1. The maximum atomic E-state index is 4.45. The first kappa shape index (κ1) is 12.3. The van der Waals surface area contributed by atoms with Gasteiger partial charge in [-0.3, -0.25) is 4.99 Å². The van der Waals surface area contributed by atoms with E-state index in [1.165, 1.54) is 11.1 Å². The second-order valence-electron chi connectivity index (χ2n) is 4.39. The van der Waals surface area contributed by atoms with Crippen molar-refractivity contribution in [3.05, 3.63) is 71.3 Å². The summed E-state index contributed by atoms with van der Waals surface area (Å²) >= 11 is 0. The zero-order valence-corrected chi connectivity index (χ0v) is 10.8. The number of nitrogens with zero attached hydrogens (tertiary/aromatic N) is 1. The van der Waals surface area contributed by atoms with Gasteiger partial charge in [-0.25, -0.2) is 0 Å². The van der Waals surface area contributed by atoms with E-state index in [1.54, 1.807) is 0 Å². The van der Waals surface area contributed by atoms with Crippen molar-refractivity contribution >= 4 is 18.0 Å². The third-order valence-electron chi connectivity index (χ3n) is 2.65. The number of hydrogen-bond donors (Lipinski definition) is 0. The monoisotopic (exact) mass is 235 g/mol. The van der Waals surface area contributed by atoms with Gasteiger partial charge < -0.3 is 0 Å². The van der Waals surface area contributed by atoms with Gasteiger partial charge in [0.15, 0.2) is 0 Å². The van der Waals surface area contributed by atoms with Gasteiger partial charge in [0, 0.05) is 6.21 Å². The molecule has 1 heteroatoms. The Bertz CT molecular complexity index is 548. The average molecular weight is 235 g/mol. The molecule has 0 aliphatic carbocycles. The second kappa shape index (κ2) is 5.97. The molecule has 0 aliphatic rings. The third-order valence-corrected chi connectivity index (χ3v) is 2.65. The summed E-state index contributed by atoms with van der Waals surface area (Å²) in [7, 11) is 0. The normalized spacial score (nSPS) is 12.0. The Balaban J connectivity index is 2.09. The van der Waals surface area contributed by atoms with Crippen molar-refractivity contribution in [1.29, 1.82) is 0 Å². The minimum absolute atomic E-state index is 0.987. The van der Waals surface area contributed by atoms with E-state index in [2.05, 4.69) is 49.2 Å². The summed E-state index contributed by atoms with van der Waals surface area (Å²) in [4.78, 5) is 4.45. The molecular formula is C17H17N. The van der Waals surface area contributed by atoms with E-state index < -0.39 is 0 Å². The fraction of sp³-hybridized carbons (Fsp3) is 0.118. The van der Waals surface area contributed by atoms with E-state index in [4.69, 9.17) is 0 Å². The molecule has 0 saturated heterocycles. The molecule has 90 valence electrons. The zero-order valence-electron chi connectivity index (χ0n) is 10.8. The van der Waals surface area contributed by atoms with Crippen LogP contribution in [0.5, 0.6) is 0 Å². The Hall–Kier alpha value is -2.15. The fourth-order valence-electron chi connectivity index (χ4n) is 1.66. The summed E-state index contributed by atoms with van der Waals surface area (Å²) in [6, 6.07) is 18.5. The first-order valence-electron chi connectivity index (χ1n) is 6.08. The minimum Gasteiger partial charge on any atom is -0.257 e. The van der Waals surface area contributed by atoms with Crippen LogP contribution in [0.25, 0.3) is 6.08 Å².